The zero-order valence-electron chi connectivity index (χ0n) is 44.6. The number of benzene rings is 8. The van der Waals surface area contributed by atoms with E-state index in [1.807, 2.05) is 0 Å². The van der Waals surface area contributed by atoms with Gasteiger partial charge in [0.2, 0.25) is 0 Å². The predicted octanol–water partition coefficient (Wildman–Crippen LogP) is 12.3. The molecule has 0 aliphatic heterocycles. The fourth-order valence-corrected chi connectivity index (χ4v) is 5.51. The molecule has 0 fully saturated rings. The summed E-state index contributed by atoms with van der Waals surface area (Å²) in [4.78, 5) is 0. The molecule has 0 bridgehead atoms. The van der Waals surface area contributed by atoms with Crippen molar-refractivity contribution in [1.82, 2.24) is 0 Å². The van der Waals surface area contributed by atoms with Crippen LogP contribution in [-0.2, 0) is 0 Å². The van der Waals surface area contributed by atoms with Crippen LogP contribution in [0.4, 0.5) is 0 Å². The van der Waals surface area contributed by atoms with Gasteiger partial charge in [-0.15, -0.1) is 0 Å². The molecule has 8 aromatic carbocycles. The van der Waals surface area contributed by atoms with Gasteiger partial charge in [0.25, 0.3) is 0 Å². The quantitative estimate of drug-likeness (QED) is 0.178. The Hall–Kier alpha value is -5.72. The zero-order valence-corrected chi connectivity index (χ0v) is 22.6. The van der Waals surface area contributed by atoms with E-state index in [2.05, 4.69) is 0 Å². The van der Waals surface area contributed by atoms with Crippen LogP contribution in [0.25, 0.3) is 77.2 Å². The lowest BCUT2D eigenvalue weighted by Crippen LogP contribution is -1.96. The minimum atomic E-state index is -0.879. The van der Waals surface area contributed by atoms with Gasteiger partial charge in [-0.05, 0) is 77.2 Å². The Balaban J connectivity index is 1.71. The Morgan fingerprint density at radius 2 is 0.614 bits per heavy atom. The molecule has 206 valence electrons. The van der Waals surface area contributed by atoms with Gasteiger partial charge in [-0.25, -0.2) is 0 Å². The largest absolute Gasteiger partial charge is 0.0629 e. The molecule has 0 saturated heterocycles. The highest BCUT2D eigenvalue weighted by atomic mass is 14.3. The van der Waals surface area contributed by atoms with Crippen molar-refractivity contribution in [3.63, 3.8) is 0 Å². The molecule has 8 aromatic rings. The fraction of sp³-hybridized carbons (Fsp3) is 0. The summed E-state index contributed by atoms with van der Waals surface area (Å²) >= 11 is 0. The van der Waals surface area contributed by atoms with Crippen molar-refractivity contribution < 1.29 is 30.2 Å². The highest BCUT2D eigenvalue weighted by molar-refractivity contribution is 6.24. The van der Waals surface area contributed by atoms with Crippen molar-refractivity contribution in [3.8, 4) is 55.6 Å². The minimum Gasteiger partial charge on any atom is -0.0622 e. The van der Waals surface area contributed by atoms with Crippen molar-refractivity contribution in [1.29, 1.82) is 0 Å². The van der Waals surface area contributed by atoms with Gasteiger partial charge in [0.15, 0.2) is 0 Å². The van der Waals surface area contributed by atoms with E-state index in [9.17, 15) is 5.48 Å². The lowest BCUT2D eigenvalue weighted by Gasteiger charge is -2.23. The van der Waals surface area contributed by atoms with Crippen LogP contribution in [0.2, 0.25) is 0 Å². The minimum absolute atomic E-state index is 0.0132. The van der Waals surface area contributed by atoms with Crippen molar-refractivity contribution in [2.45, 2.75) is 0 Å². The van der Waals surface area contributed by atoms with Gasteiger partial charge in [0.1, 0.15) is 0 Å². The van der Waals surface area contributed by atoms with Gasteiger partial charge in [-0.1, -0.05) is 181 Å². The van der Waals surface area contributed by atoms with Crippen molar-refractivity contribution in [2.24, 2.45) is 0 Å². The molecule has 0 nitrogen and oxygen atoms in total. The third-order valence-corrected chi connectivity index (χ3v) is 7.24. The number of rotatable bonds is 5. The van der Waals surface area contributed by atoms with Crippen LogP contribution in [0.1, 0.15) is 30.2 Å². The van der Waals surface area contributed by atoms with Crippen molar-refractivity contribution >= 4 is 21.5 Å². The lowest BCUT2D eigenvalue weighted by molar-refractivity contribution is 1.58. The molecule has 0 radical (unpaired) electrons. The van der Waals surface area contributed by atoms with Crippen molar-refractivity contribution in [2.75, 3.05) is 0 Å². The summed E-state index contributed by atoms with van der Waals surface area (Å²) in [5.41, 5.74) is -3.86. The van der Waals surface area contributed by atoms with Crippen molar-refractivity contribution in [3.05, 3.63) is 181 Å². The van der Waals surface area contributed by atoms with E-state index >= 15 is 0 Å². The van der Waals surface area contributed by atoms with E-state index in [1.165, 1.54) is 24.3 Å². The first-order chi connectivity index (χ1) is 31.0. The highest BCUT2D eigenvalue weighted by Crippen LogP contribution is 2.50. The van der Waals surface area contributed by atoms with E-state index in [0.717, 1.165) is 0 Å². The molecular weight excluding hydrogens is 528 g/mol. The Kier molecular flexibility index (Phi) is 2.98. The van der Waals surface area contributed by atoms with Gasteiger partial charge < -0.3 is 0 Å². The molecule has 0 unspecified atom stereocenters. The van der Waals surface area contributed by atoms with Gasteiger partial charge in [0, 0.05) is 0 Å². The Morgan fingerprint density at radius 1 is 0.273 bits per heavy atom. The first-order valence-electron chi connectivity index (χ1n) is 24.4. The average molecular weight is 581 g/mol. The second-order valence-corrected chi connectivity index (χ2v) is 9.59. The van der Waals surface area contributed by atoms with E-state index in [4.69, 9.17) is 24.7 Å². The maximum atomic E-state index is 9.43. The maximum Gasteiger partial charge on any atom is 0.0629 e. The summed E-state index contributed by atoms with van der Waals surface area (Å²) in [6.07, 6.45) is 0. The molecule has 0 amide bonds. The highest BCUT2D eigenvalue weighted by Gasteiger charge is 2.22. The monoisotopic (exact) mass is 580 g/mol. The topological polar surface area (TPSA) is 0 Å². The van der Waals surface area contributed by atoms with E-state index in [1.54, 1.807) is 24.3 Å². The van der Waals surface area contributed by atoms with Crippen LogP contribution >= 0.6 is 0 Å². The van der Waals surface area contributed by atoms with Gasteiger partial charge in [-0.3, -0.25) is 0 Å². The molecule has 0 N–H and O–H groups in total. The summed E-state index contributed by atoms with van der Waals surface area (Å²) in [7, 11) is 0. The molecule has 0 spiro atoms. The normalized spacial score (nSPS) is 18.2. The predicted molar refractivity (Wildman–Crippen MR) is 189 cm³/mol. The van der Waals surface area contributed by atoms with Crippen LogP contribution in [0.3, 0.4) is 0 Å². The third kappa shape index (κ3) is 4.40. The molecular formula is C44H30. The van der Waals surface area contributed by atoms with Gasteiger partial charge >= 0.3 is 0 Å². The van der Waals surface area contributed by atoms with E-state index in [0.29, 0.717) is 0 Å². The molecule has 44 heavy (non-hydrogen) atoms. The molecule has 0 aromatic heterocycles. The second-order valence-electron chi connectivity index (χ2n) is 9.59. The number of fused-ring (bicyclic) bond motifs is 2. The smallest absolute Gasteiger partial charge is 0.0622 e. The summed E-state index contributed by atoms with van der Waals surface area (Å²) in [5.74, 6) is 0. The van der Waals surface area contributed by atoms with Crippen LogP contribution in [0, 0.1) is 0 Å². The third-order valence-electron chi connectivity index (χ3n) is 7.24. The molecule has 0 aliphatic rings. The van der Waals surface area contributed by atoms with Crippen LogP contribution in [-0.4, -0.2) is 0 Å². The Morgan fingerprint density at radius 3 is 1.07 bits per heavy atom. The first kappa shape index (κ1) is 11.8. The number of hydrogen-bond acceptors (Lipinski definition) is 0. The summed E-state index contributed by atoms with van der Waals surface area (Å²) in [6, 6.07) is -5.10. The molecule has 0 atom stereocenters. The standard InChI is InChI=1S/C44H30/c1-4-17-31(18-5-1)34-23-10-11-24-37(34)42-38-25-12-14-27-40(38)44(41-28-15-13-26-39(41)42)43-35(32-19-6-2-7-20-32)29-16-30-36(43)33-21-8-3-9-22-33/h1-30H/i1D,2D,3D,4D,5D,6D,7D,8D,9D,10D,11D,16D,17D,18D,19D,20D,21D,22D,23D,24D,29D,30D. The van der Waals surface area contributed by atoms with Crippen LogP contribution in [0.5, 0.6) is 0 Å². The summed E-state index contributed by atoms with van der Waals surface area (Å²) < 4.78 is 194. The zero-order chi connectivity index (χ0) is 48.4. The molecule has 0 saturated carbocycles. The van der Waals surface area contributed by atoms with Crippen LogP contribution < -0.4 is 0 Å². The Bertz CT molecular complexity index is 3260. The number of hydrogen-bond donors (Lipinski definition) is 0. The summed E-state index contributed by atoms with van der Waals surface area (Å²) in [6.45, 7) is 0. The lowest BCUT2D eigenvalue weighted by atomic mass is 9.80. The van der Waals surface area contributed by atoms with E-state index in [-0.39, 0.29) is 43.8 Å². The second kappa shape index (κ2) is 11.2. The molecule has 0 heteroatoms. The van der Waals surface area contributed by atoms with E-state index < -0.39 is 166 Å². The average Bonchev–Trinajstić information content (AvgIpc) is 3.31. The Labute approximate surface area is 289 Å². The molecule has 0 heterocycles. The fourth-order valence-electron chi connectivity index (χ4n) is 5.51. The first-order valence-corrected chi connectivity index (χ1v) is 13.4. The summed E-state index contributed by atoms with van der Waals surface area (Å²) in [5, 5.41) is 0.502. The molecule has 0 aliphatic carbocycles. The SMILES string of the molecule is [2H]c1c([2H])c([2H])c(-c2c([2H])c([2H])c([2H])c([2H])c2-c2c3ccccc3c(-c3c(-c4c([2H])c([2H])c([2H])c([2H])c4[2H])c([2H])c([2H])c([2H])c3-c3c([2H])c([2H])c([2H])c([2H])c3[2H])c3ccccc23)c([2H])c1[2H]. The van der Waals surface area contributed by atoms with Crippen LogP contribution in [0.15, 0.2) is 181 Å². The maximum absolute atomic E-state index is 9.43. The molecule has 8 rings (SSSR count). The van der Waals surface area contributed by atoms with Gasteiger partial charge in [-0.2, -0.15) is 0 Å². The van der Waals surface area contributed by atoms with Gasteiger partial charge in [0.05, 0.1) is 30.2 Å².